The molecule has 2 amide bonds. The van der Waals surface area contributed by atoms with Crippen molar-refractivity contribution < 1.29 is 14.0 Å². The predicted octanol–water partition coefficient (Wildman–Crippen LogP) is 4.22. The molecule has 0 spiro atoms. The van der Waals surface area contributed by atoms with E-state index in [1.54, 1.807) is 18.2 Å². The standard InChI is InChI=1S/C20H21N3O3S/c1-13-11-17(22-19(24)16-9-6-10-26-16)27-18(13)20(25)21-15-8-5-4-7-14(15)12-23(2)3/h4-11H,12H2,1-3H3,(H,21,25)(H,22,24). The summed E-state index contributed by atoms with van der Waals surface area (Å²) in [6.07, 6.45) is 1.44. The molecule has 2 heterocycles. The Labute approximate surface area is 161 Å². The second-order valence-electron chi connectivity index (χ2n) is 6.40. The fourth-order valence-corrected chi connectivity index (χ4v) is 3.61. The molecule has 0 unspecified atom stereocenters. The Bertz CT molecular complexity index is 945. The minimum absolute atomic E-state index is 0.192. The van der Waals surface area contributed by atoms with E-state index in [0.717, 1.165) is 23.4 Å². The number of amides is 2. The zero-order chi connectivity index (χ0) is 19.4. The SMILES string of the molecule is Cc1cc(NC(=O)c2ccco2)sc1C(=O)Nc1ccccc1CN(C)C. The molecule has 0 saturated carbocycles. The summed E-state index contributed by atoms with van der Waals surface area (Å²) in [4.78, 5) is 27.5. The van der Waals surface area contributed by atoms with Crippen LogP contribution in [0.2, 0.25) is 0 Å². The summed E-state index contributed by atoms with van der Waals surface area (Å²) in [5, 5.41) is 6.34. The average Bonchev–Trinajstić information content (AvgIpc) is 3.26. The summed E-state index contributed by atoms with van der Waals surface area (Å²) in [5.74, 6) is -0.309. The van der Waals surface area contributed by atoms with Gasteiger partial charge in [0.2, 0.25) is 0 Å². The Kier molecular flexibility index (Phi) is 5.73. The van der Waals surface area contributed by atoms with E-state index in [2.05, 4.69) is 10.6 Å². The molecule has 2 aromatic heterocycles. The number of hydrogen-bond acceptors (Lipinski definition) is 5. The van der Waals surface area contributed by atoms with Gasteiger partial charge in [-0.2, -0.15) is 0 Å². The summed E-state index contributed by atoms with van der Waals surface area (Å²) >= 11 is 1.24. The first-order valence-electron chi connectivity index (χ1n) is 8.43. The van der Waals surface area contributed by atoms with Gasteiger partial charge in [0.05, 0.1) is 16.1 Å². The van der Waals surface area contributed by atoms with Crippen LogP contribution in [0.15, 0.2) is 53.1 Å². The van der Waals surface area contributed by atoms with E-state index < -0.39 is 0 Å². The molecule has 0 aliphatic heterocycles. The van der Waals surface area contributed by atoms with E-state index in [-0.39, 0.29) is 17.6 Å². The van der Waals surface area contributed by atoms with Crippen LogP contribution in [0.1, 0.15) is 31.4 Å². The van der Waals surface area contributed by atoms with Crippen LogP contribution in [0.5, 0.6) is 0 Å². The number of nitrogens with one attached hydrogen (secondary N) is 2. The molecule has 7 heteroatoms. The van der Waals surface area contributed by atoms with Crippen molar-refractivity contribution in [2.24, 2.45) is 0 Å². The van der Waals surface area contributed by atoms with Crippen molar-refractivity contribution in [1.82, 2.24) is 4.90 Å². The number of furan rings is 1. The van der Waals surface area contributed by atoms with E-state index in [4.69, 9.17) is 4.42 Å². The summed E-state index contributed by atoms with van der Waals surface area (Å²) in [5.41, 5.74) is 2.62. The maximum Gasteiger partial charge on any atom is 0.291 e. The average molecular weight is 383 g/mol. The molecule has 0 bridgehead atoms. The molecule has 2 N–H and O–H groups in total. The summed E-state index contributed by atoms with van der Waals surface area (Å²) < 4.78 is 5.09. The lowest BCUT2D eigenvalue weighted by atomic mass is 10.1. The van der Waals surface area contributed by atoms with Gasteiger partial charge in [0.1, 0.15) is 0 Å². The number of carbonyl (C=O) groups excluding carboxylic acids is 2. The first kappa shape index (κ1) is 18.9. The van der Waals surface area contributed by atoms with Crippen LogP contribution in [0, 0.1) is 6.92 Å². The lowest BCUT2D eigenvalue weighted by Crippen LogP contribution is -2.16. The van der Waals surface area contributed by atoms with E-state index in [0.29, 0.717) is 9.88 Å². The molecule has 3 rings (SSSR count). The Morgan fingerprint density at radius 2 is 1.85 bits per heavy atom. The van der Waals surface area contributed by atoms with E-state index in [9.17, 15) is 9.59 Å². The maximum atomic E-state index is 12.8. The highest BCUT2D eigenvalue weighted by molar-refractivity contribution is 7.18. The number of para-hydroxylation sites is 1. The molecule has 0 atom stereocenters. The van der Waals surface area contributed by atoms with Crippen LogP contribution in [0.4, 0.5) is 10.7 Å². The molecule has 3 aromatic rings. The smallest absolute Gasteiger partial charge is 0.291 e. The normalized spacial score (nSPS) is 10.8. The molecule has 0 aliphatic rings. The monoisotopic (exact) mass is 383 g/mol. The van der Waals surface area contributed by atoms with Crippen molar-refractivity contribution in [2.45, 2.75) is 13.5 Å². The van der Waals surface area contributed by atoms with Crippen molar-refractivity contribution in [3.8, 4) is 0 Å². The summed E-state index contributed by atoms with van der Waals surface area (Å²) in [6, 6.07) is 12.7. The molecule has 6 nitrogen and oxygen atoms in total. The van der Waals surface area contributed by atoms with Crippen LogP contribution in [0.25, 0.3) is 0 Å². The Balaban J connectivity index is 1.74. The number of aryl methyl sites for hydroxylation is 1. The third-order valence-corrected chi connectivity index (χ3v) is 5.01. The van der Waals surface area contributed by atoms with Gasteiger partial charge >= 0.3 is 0 Å². The van der Waals surface area contributed by atoms with Gasteiger partial charge in [-0.05, 0) is 56.4 Å². The molecule has 0 radical (unpaired) electrons. The maximum absolute atomic E-state index is 12.8. The Morgan fingerprint density at radius 1 is 1.07 bits per heavy atom. The van der Waals surface area contributed by atoms with Gasteiger partial charge in [-0.15, -0.1) is 11.3 Å². The quantitative estimate of drug-likeness (QED) is 0.668. The summed E-state index contributed by atoms with van der Waals surface area (Å²) in [7, 11) is 3.96. The van der Waals surface area contributed by atoms with E-state index >= 15 is 0 Å². The first-order chi connectivity index (χ1) is 12.9. The predicted molar refractivity (Wildman–Crippen MR) is 108 cm³/mol. The number of nitrogens with zero attached hydrogens (tertiary/aromatic N) is 1. The van der Waals surface area contributed by atoms with E-state index in [1.165, 1.54) is 17.6 Å². The first-order valence-corrected chi connectivity index (χ1v) is 9.25. The number of rotatable bonds is 6. The highest BCUT2D eigenvalue weighted by Gasteiger charge is 2.17. The highest BCUT2D eigenvalue weighted by Crippen LogP contribution is 2.28. The van der Waals surface area contributed by atoms with Crippen LogP contribution >= 0.6 is 11.3 Å². The minimum atomic E-state index is -0.343. The van der Waals surface area contributed by atoms with Crippen LogP contribution in [-0.2, 0) is 6.54 Å². The lowest BCUT2D eigenvalue weighted by molar-refractivity contribution is 0.0995. The second-order valence-corrected chi connectivity index (χ2v) is 7.46. The van der Waals surface area contributed by atoms with Crippen LogP contribution < -0.4 is 10.6 Å². The van der Waals surface area contributed by atoms with Gasteiger partial charge in [-0.1, -0.05) is 18.2 Å². The number of anilines is 2. The van der Waals surface area contributed by atoms with Crippen molar-refractivity contribution in [3.63, 3.8) is 0 Å². The van der Waals surface area contributed by atoms with Crippen molar-refractivity contribution in [3.05, 3.63) is 70.5 Å². The minimum Gasteiger partial charge on any atom is -0.459 e. The molecule has 27 heavy (non-hydrogen) atoms. The molecule has 140 valence electrons. The third-order valence-electron chi connectivity index (χ3n) is 3.86. The van der Waals surface area contributed by atoms with Gasteiger partial charge in [0.25, 0.3) is 11.8 Å². The van der Waals surface area contributed by atoms with Crippen molar-refractivity contribution >= 4 is 33.8 Å². The zero-order valence-corrected chi connectivity index (χ0v) is 16.2. The van der Waals surface area contributed by atoms with Gasteiger partial charge in [-0.25, -0.2) is 0 Å². The molecular weight excluding hydrogens is 362 g/mol. The lowest BCUT2D eigenvalue weighted by Gasteiger charge is -2.14. The Hall–Kier alpha value is -2.90. The fourth-order valence-electron chi connectivity index (χ4n) is 2.65. The highest BCUT2D eigenvalue weighted by atomic mass is 32.1. The molecule has 0 saturated heterocycles. The van der Waals surface area contributed by atoms with Gasteiger partial charge in [0, 0.05) is 12.2 Å². The van der Waals surface area contributed by atoms with Crippen LogP contribution in [0.3, 0.4) is 0 Å². The number of carbonyl (C=O) groups is 2. The van der Waals surface area contributed by atoms with Gasteiger partial charge < -0.3 is 20.0 Å². The molecule has 1 aromatic carbocycles. The van der Waals surface area contributed by atoms with Gasteiger partial charge in [0.15, 0.2) is 5.76 Å². The van der Waals surface area contributed by atoms with Gasteiger partial charge in [-0.3, -0.25) is 9.59 Å². The largest absolute Gasteiger partial charge is 0.459 e. The zero-order valence-electron chi connectivity index (χ0n) is 15.4. The fraction of sp³-hybridized carbons (Fsp3) is 0.200. The molecule has 0 aliphatic carbocycles. The summed E-state index contributed by atoms with van der Waals surface area (Å²) in [6.45, 7) is 2.57. The van der Waals surface area contributed by atoms with E-state index in [1.807, 2.05) is 50.2 Å². The number of thiophene rings is 1. The van der Waals surface area contributed by atoms with Crippen molar-refractivity contribution in [1.29, 1.82) is 0 Å². The number of hydrogen-bond donors (Lipinski definition) is 2. The topological polar surface area (TPSA) is 74.6 Å². The molecular formula is C20H21N3O3S. The van der Waals surface area contributed by atoms with Crippen LogP contribution in [-0.4, -0.2) is 30.8 Å². The van der Waals surface area contributed by atoms with Crippen molar-refractivity contribution in [2.75, 3.05) is 24.7 Å². The Morgan fingerprint density at radius 3 is 2.56 bits per heavy atom. The number of benzene rings is 1. The second kappa shape index (κ2) is 8.20. The third kappa shape index (κ3) is 4.64. The molecule has 0 fully saturated rings.